The van der Waals surface area contributed by atoms with Crippen molar-refractivity contribution in [3.05, 3.63) is 65.0 Å². The van der Waals surface area contributed by atoms with Crippen LogP contribution in [-0.2, 0) is 0 Å². The van der Waals surface area contributed by atoms with E-state index < -0.39 is 17.5 Å². The van der Waals surface area contributed by atoms with E-state index >= 15 is 0 Å². The zero-order chi connectivity index (χ0) is 15.2. The predicted octanol–water partition coefficient (Wildman–Crippen LogP) is 3.57. The number of halogens is 3. The van der Waals surface area contributed by atoms with Crippen LogP contribution in [0.2, 0.25) is 0 Å². The van der Waals surface area contributed by atoms with Gasteiger partial charge in [-0.2, -0.15) is 10.2 Å². The second kappa shape index (κ2) is 6.69. The molecular formula is C15H11F3N2O. The summed E-state index contributed by atoms with van der Waals surface area (Å²) in [5, 5.41) is 7.30. The molecule has 0 saturated carbocycles. The van der Waals surface area contributed by atoms with Gasteiger partial charge in [-0.1, -0.05) is 6.07 Å². The lowest BCUT2D eigenvalue weighted by Crippen LogP contribution is -1.90. The van der Waals surface area contributed by atoms with E-state index in [1.807, 2.05) is 0 Å². The maximum absolute atomic E-state index is 13.6. The average Bonchev–Trinajstić information content (AvgIpc) is 2.48. The Morgan fingerprint density at radius 2 is 1.62 bits per heavy atom. The van der Waals surface area contributed by atoms with Crippen LogP contribution < -0.4 is 4.74 Å². The van der Waals surface area contributed by atoms with Crippen molar-refractivity contribution in [2.75, 3.05) is 7.11 Å². The first kappa shape index (κ1) is 14.8. The molecule has 0 atom stereocenters. The van der Waals surface area contributed by atoms with Gasteiger partial charge in [0.15, 0.2) is 11.6 Å². The molecule has 2 aromatic carbocycles. The molecule has 0 aliphatic heterocycles. The Morgan fingerprint density at radius 1 is 0.857 bits per heavy atom. The molecule has 0 aromatic heterocycles. The fourth-order valence-electron chi connectivity index (χ4n) is 1.53. The molecule has 0 N–H and O–H groups in total. The monoisotopic (exact) mass is 292 g/mol. The van der Waals surface area contributed by atoms with Gasteiger partial charge >= 0.3 is 0 Å². The molecule has 0 saturated heterocycles. The van der Waals surface area contributed by atoms with Gasteiger partial charge in [0.2, 0.25) is 0 Å². The molecule has 2 aromatic rings. The van der Waals surface area contributed by atoms with Crippen molar-refractivity contribution in [3.8, 4) is 5.75 Å². The highest BCUT2D eigenvalue weighted by molar-refractivity contribution is 5.83. The van der Waals surface area contributed by atoms with E-state index in [0.717, 1.165) is 12.1 Å². The van der Waals surface area contributed by atoms with Crippen molar-refractivity contribution in [3.63, 3.8) is 0 Å². The van der Waals surface area contributed by atoms with Crippen molar-refractivity contribution in [2.45, 2.75) is 0 Å². The van der Waals surface area contributed by atoms with E-state index in [-0.39, 0.29) is 5.56 Å². The van der Waals surface area contributed by atoms with Gasteiger partial charge in [0.05, 0.1) is 19.5 Å². The highest BCUT2D eigenvalue weighted by Gasteiger charge is 2.01. The van der Waals surface area contributed by atoms with Crippen LogP contribution in [-0.4, -0.2) is 19.5 Å². The van der Waals surface area contributed by atoms with Gasteiger partial charge in [-0.15, -0.1) is 0 Å². The lowest BCUT2D eigenvalue weighted by molar-refractivity contribution is 0.411. The van der Waals surface area contributed by atoms with E-state index in [4.69, 9.17) is 4.74 Å². The van der Waals surface area contributed by atoms with E-state index in [0.29, 0.717) is 11.3 Å². The maximum atomic E-state index is 13.6. The first-order valence-corrected chi connectivity index (χ1v) is 5.95. The minimum absolute atomic E-state index is 0.234. The van der Waals surface area contributed by atoms with Crippen LogP contribution in [0.4, 0.5) is 13.2 Å². The van der Waals surface area contributed by atoms with E-state index in [1.54, 1.807) is 6.07 Å². The van der Waals surface area contributed by atoms with E-state index in [9.17, 15) is 13.2 Å². The van der Waals surface area contributed by atoms with Gasteiger partial charge in [0.25, 0.3) is 0 Å². The molecule has 2 rings (SSSR count). The third kappa shape index (κ3) is 3.92. The number of benzene rings is 2. The molecule has 6 heteroatoms. The number of hydrogen-bond donors (Lipinski definition) is 0. The van der Waals surface area contributed by atoms with Gasteiger partial charge < -0.3 is 4.74 Å². The second-order valence-corrected chi connectivity index (χ2v) is 4.05. The number of hydrogen-bond acceptors (Lipinski definition) is 3. The summed E-state index contributed by atoms with van der Waals surface area (Å²) in [4.78, 5) is 0. The summed E-state index contributed by atoms with van der Waals surface area (Å²) in [5.41, 5.74) is 0.583. The van der Waals surface area contributed by atoms with Gasteiger partial charge in [0, 0.05) is 11.6 Å². The average molecular weight is 292 g/mol. The van der Waals surface area contributed by atoms with Crippen LogP contribution in [0.25, 0.3) is 0 Å². The number of rotatable bonds is 4. The Kier molecular flexibility index (Phi) is 4.71. The minimum atomic E-state index is -0.968. The molecular weight excluding hydrogens is 281 g/mol. The molecule has 0 heterocycles. The molecule has 0 bridgehead atoms. The highest BCUT2D eigenvalue weighted by Crippen LogP contribution is 2.14. The Labute approximate surface area is 119 Å². The maximum Gasteiger partial charge on any atom is 0.159 e. The molecule has 0 fully saturated rings. The summed E-state index contributed by atoms with van der Waals surface area (Å²) < 4.78 is 44.1. The van der Waals surface area contributed by atoms with Crippen LogP contribution in [0.3, 0.4) is 0 Å². The van der Waals surface area contributed by atoms with Crippen LogP contribution in [0.15, 0.2) is 46.6 Å². The Balaban J connectivity index is 2.08. The predicted molar refractivity (Wildman–Crippen MR) is 74.5 cm³/mol. The van der Waals surface area contributed by atoms with Gasteiger partial charge in [-0.25, -0.2) is 13.2 Å². The Morgan fingerprint density at radius 3 is 2.29 bits per heavy atom. The van der Waals surface area contributed by atoms with Crippen LogP contribution in [0, 0.1) is 17.5 Å². The molecule has 21 heavy (non-hydrogen) atoms. The molecule has 0 spiro atoms. The topological polar surface area (TPSA) is 34.0 Å². The van der Waals surface area contributed by atoms with E-state index in [2.05, 4.69) is 10.2 Å². The second-order valence-electron chi connectivity index (χ2n) is 4.05. The molecule has 0 unspecified atom stereocenters. The summed E-state index contributed by atoms with van der Waals surface area (Å²) in [7, 11) is 1.44. The van der Waals surface area contributed by atoms with Crippen LogP contribution >= 0.6 is 0 Å². The normalized spacial score (nSPS) is 11.4. The van der Waals surface area contributed by atoms with Crippen molar-refractivity contribution in [1.29, 1.82) is 0 Å². The van der Waals surface area contributed by atoms with Gasteiger partial charge in [-0.3, -0.25) is 0 Å². The molecule has 0 aliphatic rings. The third-order valence-electron chi connectivity index (χ3n) is 2.62. The zero-order valence-corrected chi connectivity index (χ0v) is 11.1. The third-order valence-corrected chi connectivity index (χ3v) is 2.62. The molecule has 0 amide bonds. The summed E-state index contributed by atoms with van der Waals surface area (Å²) in [6, 6.07) is 7.63. The number of methoxy groups -OCH3 is 1. The largest absolute Gasteiger partial charge is 0.497 e. The molecule has 108 valence electrons. The quantitative estimate of drug-likeness (QED) is 0.626. The van der Waals surface area contributed by atoms with Crippen molar-refractivity contribution >= 4 is 12.4 Å². The standard InChI is InChI=1S/C15H11F3N2O/c1-21-12-4-3-11(14(17)7-12)9-20-19-8-10-2-5-13(16)15(18)6-10/h2-9H,1H3/b19-8+,20-9+. The Hall–Kier alpha value is -2.63. The summed E-state index contributed by atoms with van der Waals surface area (Å²) in [5.74, 6) is -2.00. The summed E-state index contributed by atoms with van der Waals surface area (Å²) in [6.45, 7) is 0. The smallest absolute Gasteiger partial charge is 0.159 e. The number of nitrogens with zero attached hydrogens (tertiary/aromatic N) is 2. The van der Waals surface area contributed by atoms with E-state index in [1.165, 1.54) is 37.7 Å². The van der Waals surface area contributed by atoms with Gasteiger partial charge in [-0.05, 0) is 29.8 Å². The fraction of sp³-hybridized carbons (Fsp3) is 0.0667. The van der Waals surface area contributed by atoms with Crippen molar-refractivity contribution in [1.82, 2.24) is 0 Å². The molecule has 0 aliphatic carbocycles. The zero-order valence-electron chi connectivity index (χ0n) is 11.1. The molecule has 3 nitrogen and oxygen atoms in total. The van der Waals surface area contributed by atoms with Gasteiger partial charge in [0.1, 0.15) is 11.6 Å². The van der Waals surface area contributed by atoms with Crippen molar-refractivity contribution in [2.24, 2.45) is 10.2 Å². The Bertz CT molecular complexity index is 699. The molecule has 0 radical (unpaired) electrons. The van der Waals surface area contributed by atoms with Crippen LogP contribution in [0.5, 0.6) is 5.75 Å². The SMILES string of the molecule is COc1ccc(/C=N/N=C/c2ccc(F)c(F)c2)c(F)c1. The highest BCUT2D eigenvalue weighted by atomic mass is 19.2. The summed E-state index contributed by atoms with van der Waals surface area (Å²) >= 11 is 0. The first-order chi connectivity index (χ1) is 10.1. The summed E-state index contributed by atoms with van der Waals surface area (Å²) in [6.07, 6.45) is 2.45. The fourth-order valence-corrected chi connectivity index (χ4v) is 1.53. The number of ether oxygens (including phenoxy) is 1. The van der Waals surface area contributed by atoms with Crippen molar-refractivity contribution < 1.29 is 17.9 Å². The lowest BCUT2D eigenvalue weighted by atomic mass is 10.2. The minimum Gasteiger partial charge on any atom is -0.497 e. The van der Waals surface area contributed by atoms with Crippen LogP contribution in [0.1, 0.15) is 11.1 Å². The lowest BCUT2D eigenvalue weighted by Gasteiger charge is -2.00. The first-order valence-electron chi connectivity index (χ1n) is 5.95.